The first kappa shape index (κ1) is 16.1. The van der Waals surface area contributed by atoms with Gasteiger partial charge in [-0.3, -0.25) is 0 Å². The van der Waals surface area contributed by atoms with Gasteiger partial charge >= 0.3 is 0 Å². The summed E-state index contributed by atoms with van der Waals surface area (Å²) < 4.78 is 31.4. The van der Waals surface area contributed by atoms with Crippen LogP contribution in [0.4, 0.5) is 8.78 Å². The van der Waals surface area contributed by atoms with Gasteiger partial charge in [-0.15, -0.1) is 12.4 Å². The molecular weight excluding hydrogens is 316 g/mol. The van der Waals surface area contributed by atoms with Crippen LogP contribution in [0.25, 0.3) is 0 Å². The Morgan fingerprint density at radius 2 is 2.05 bits per heavy atom. The highest BCUT2D eigenvalue weighted by molar-refractivity contribution is 7.71. The van der Waals surface area contributed by atoms with Gasteiger partial charge in [0, 0.05) is 24.5 Å². The molecule has 21 heavy (non-hydrogen) atoms. The molecule has 1 unspecified atom stereocenters. The van der Waals surface area contributed by atoms with Crippen LogP contribution >= 0.6 is 24.6 Å². The third-order valence-electron chi connectivity index (χ3n) is 3.90. The van der Waals surface area contributed by atoms with Crippen molar-refractivity contribution in [3.05, 3.63) is 52.1 Å². The Kier molecular flexibility index (Phi) is 4.81. The zero-order valence-electron chi connectivity index (χ0n) is 11.3. The van der Waals surface area contributed by atoms with E-state index in [9.17, 15) is 8.78 Å². The van der Waals surface area contributed by atoms with Gasteiger partial charge < -0.3 is 14.9 Å². The van der Waals surface area contributed by atoms with E-state index >= 15 is 0 Å². The summed E-state index contributed by atoms with van der Waals surface area (Å²) >= 11 is 5.35. The first-order chi connectivity index (χ1) is 9.60. The second-order valence-electron chi connectivity index (χ2n) is 5.06. The molecule has 1 aliphatic rings. The van der Waals surface area contributed by atoms with Crippen molar-refractivity contribution in [3.63, 3.8) is 0 Å². The number of imidazole rings is 1. The van der Waals surface area contributed by atoms with Gasteiger partial charge in [-0.1, -0.05) is 0 Å². The van der Waals surface area contributed by atoms with E-state index in [4.69, 9.17) is 18.0 Å². The second kappa shape index (κ2) is 6.25. The molecule has 0 saturated heterocycles. The number of hydrogen-bond acceptors (Lipinski definition) is 2. The predicted molar refractivity (Wildman–Crippen MR) is 82.1 cm³/mol. The zero-order chi connectivity index (χ0) is 14.3. The second-order valence-corrected chi connectivity index (χ2v) is 5.43. The Balaban J connectivity index is 0.00000161. The van der Waals surface area contributed by atoms with E-state index in [0.29, 0.717) is 29.8 Å². The number of aromatic nitrogens is 2. The summed E-state index contributed by atoms with van der Waals surface area (Å²) in [7, 11) is 0. The molecule has 0 saturated carbocycles. The fourth-order valence-corrected chi connectivity index (χ4v) is 3.21. The number of benzene rings is 1. The molecule has 114 valence electrons. The highest BCUT2D eigenvalue weighted by Gasteiger charge is 2.23. The van der Waals surface area contributed by atoms with Crippen LogP contribution in [-0.4, -0.2) is 9.13 Å². The van der Waals surface area contributed by atoms with Crippen LogP contribution in [-0.2, 0) is 19.5 Å². The molecule has 2 aromatic rings. The van der Waals surface area contributed by atoms with Crippen LogP contribution in [0.1, 0.15) is 23.6 Å². The predicted octanol–water partition coefficient (Wildman–Crippen LogP) is 3.37. The Morgan fingerprint density at radius 1 is 1.29 bits per heavy atom. The van der Waals surface area contributed by atoms with E-state index in [-0.39, 0.29) is 18.4 Å². The molecule has 7 heteroatoms. The normalized spacial score (nSPS) is 17.2. The molecule has 0 fully saturated rings. The number of fused-ring (bicyclic) bond motifs is 1. The van der Waals surface area contributed by atoms with Crippen LogP contribution in [0.3, 0.4) is 0 Å². The summed E-state index contributed by atoms with van der Waals surface area (Å²) in [5.74, 6) is -0.966. The SMILES string of the molecule is Cl.NCn1ccn(C2CCc3c(F)cc(F)cc3C2)c1=S. The fraction of sp³-hybridized carbons (Fsp3) is 0.357. The number of halogens is 3. The van der Waals surface area contributed by atoms with Crippen molar-refractivity contribution >= 4 is 24.6 Å². The Hall–Kier alpha value is -1.24. The Labute approximate surface area is 132 Å². The van der Waals surface area contributed by atoms with Crippen LogP contribution < -0.4 is 5.73 Å². The van der Waals surface area contributed by atoms with Gasteiger partial charge in [0.1, 0.15) is 11.6 Å². The van der Waals surface area contributed by atoms with Crippen molar-refractivity contribution < 1.29 is 8.78 Å². The largest absolute Gasteiger partial charge is 0.320 e. The number of rotatable bonds is 2. The lowest BCUT2D eigenvalue weighted by molar-refractivity contribution is 0.421. The summed E-state index contributed by atoms with van der Waals surface area (Å²) in [6, 6.07) is 2.51. The molecule has 0 bridgehead atoms. The lowest BCUT2D eigenvalue weighted by atomic mass is 9.87. The van der Waals surface area contributed by atoms with Crippen molar-refractivity contribution in [2.45, 2.75) is 32.0 Å². The van der Waals surface area contributed by atoms with Gasteiger partial charge in [0.05, 0.1) is 6.67 Å². The minimum Gasteiger partial charge on any atom is -0.320 e. The first-order valence-electron chi connectivity index (χ1n) is 6.54. The van der Waals surface area contributed by atoms with Crippen molar-refractivity contribution in [1.29, 1.82) is 0 Å². The van der Waals surface area contributed by atoms with E-state index in [1.165, 1.54) is 6.07 Å². The molecular formula is C14H16ClF2N3S. The zero-order valence-corrected chi connectivity index (χ0v) is 12.9. The quantitative estimate of drug-likeness (QED) is 0.856. The van der Waals surface area contributed by atoms with Crippen molar-refractivity contribution in [2.75, 3.05) is 0 Å². The topological polar surface area (TPSA) is 35.9 Å². The molecule has 2 N–H and O–H groups in total. The highest BCUT2D eigenvalue weighted by atomic mass is 35.5. The van der Waals surface area contributed by atoms with Crippen LogP contribution in [0, 0.1) is 16.4 Å². The maximum absolute atomic E-state index is 13.7. The van der Waals surface area contributed by atoms with Gasteiger partial charge in [0.2, 0.25) is 0 Å². The Morgan fingerprint density at radius 3 is 2.71 bits per heavy atom. The fourth-order valence-electron chi connectivity index (χ4n) is 2.87. The average Bonchev–Trinajstić information content (AvgIpc) is 2.79. The van der Waals surface area contributed by atoms with Crippen LogP contribution in [0.15, 0.2) is 24.5 Å². The summed E-state index contributed by atoms with van der Waals surface area (Å²) in [6.45, 7) is 0.332. The van der Waals surface area contributed by atoms with Crippen LogP contribution in [0.2, 0.25) is 0 Å². The van der Waals surface area contributed by atoms with E-state index in [0.717, 1.165) is 18.1 Å². The summed E-state index contributed by atoms with van der Waals surface area (Å²) in [4.78, 5) is 0. The average molecular weight is 332 g/mol. The molecule has 1 atom stereocenters. The summed E-state index contributed by atoms with van der Waals surface area (Å²) in [5, 5.41) is 0. The molecule has 1 aromatic heterocycles. The maximum Gasteiger partial charge on any atom is 0.181 e. The standard InChI is InChI=1S/C14H15F2N3S.ClH/c15-10-5-9-6-11(1-2-12(9)13(16)7-10)19-4-3-18(8-17)14(19)20;/h3-5,7,11H,1-2,6,8,17H2;1H. The third kappa shape index (κ3) is 2.88. The molecule has 3 rings (SSSR count). The van der Waals surface area contributed by atoms with E-state index in [1.54, 1.807) is 4.57 Å². The number of nitrogens with two attached hydrogens (primary N) is 1. The lowest BCUT2D eigenvalue weighted by Crippen LogP contribution is -2.20. The van der Waals surface area contributed by atoms with E-state index in [2.05, 4.69) is 0 Å². The lowest BCUT2D eigenvalue weighted by Gasteiger charge is -2.26. The van der Waals surface area contributed by atoms with Crippen molar-refractivity contribution in [3.8, 4) is 0 Å². The minimum absolute atomic E-state index is 0. The van der Waals surface area contributed by atoms with E-state index < -0.39 is 11.6 Å². The summed E-state index contributed by atoms with van der Waals surface area (Å²) in [5.41, 5.74) is 6.96. The van der Waals surface area contributed by atoms with Gasteiger partial charge in [-0.05, 0) is 48.7 Å². The molecule has 0 aliphatic heterocycles. The van der Waals surface area contributed by atoms with Gasteiger partial charge in [-0.2, -0.15) is 0 Å². The van der Waals surface area contributed by atoms with Crippen LogP contribution in [0.5, 0.6) is 0 Å². The monoisotopic (exact) mass is 331 g/mol. The molecule has 1 aliphatic carbocycles. The number of nitrogens with zero attached hydrogens (tertiary/aromatic N) is 2. The van der Waals surface area contributed by atoms with Crippen molar-refractivity contribution in [2.24, 2.45) is 5.73 Å². The minimum atomic E-state index is -0.523. The number of hydrogen-bond donors (Lipinski definition) is 1. The van der Waals surface area contributed by atoms with E-state index in [1.807, 2.05) is 17.0 Å². The molecule has 0 radical (unpaired) electrons. The van der Waals surface area contributed by atoms with Gasteiger partial charge in [-0.25, -0.2) is 8.78 Å². The van der Waals surface area contributed by atoms with Gasteiger partial charge in [0.15, 0.2) is 4.77 Å². The Bertz CT molecular complexity index is 711. The molecule has 0 spiro atoms. The molecule has 3 nitrogen and oxygen atoms in total. The highest BCUT2D eigenvalue weighted by Crippen LogP contribution is 2.31. The smallest absolute Gasteiger partial charge is 0.181 e. The molecule has 1 aromatic carbocycles. The molecule has 0 amide bonds. The maximum atomic E-state index is 13.7. The van der Waals surface area contributed by atoms with Gasteiger partial charge in [0.25, 0.3) is 0 Å². The first-order valence-corrected chi connectivity index (χ1v) is 6.95. The third-order valence-corrected chi connectivity index (χ3v) is 4.34. The van der Waals surface area contributed by atoms with Crippen molar-refractivity contribution in [1.82, 2.24) is 9.13 Å². The summed E-state index contributed by atoms with van der Waals surface area (Å²) in [6.07, 6.45) is 5.71. The molecule has 1 heterocycles.